The standard InChI is InChI=1S/C11H16N2O5.Li/c1-6(12-10(16)17-11(2,3)4)8-5-7(9(14)15)13-18-8;/h5-6H,1-4H3,(H,12,16)(H,14,15);/q;+1/p-1/t6-;/m1./s1. The number of carbonyl (C=O) groups excluding carboxylic acids is 2. The largest absolute Gasteiger partial charge is 1.00 e. The van der Waals surface area contributed by atoms with E-state index in [1.165, 1.54) is 6.07 Å². The predicted molar refractivity (Wildman–Crippen MR) is 58.6 cm³/mol. The summed E-state index contributed by atoms with van der Waals surface area (Å²) >= 11 is 0. The molecule has 1 heterocycles. The first-order valence-electron chi connectivity index (χ1n) is 5.36. The molecule has 1 N–H and O–H groups in total. The van der Waals surface area contributed by atoms with Crippen LogP contribution in [0.3, 0.4) is 0 Å². The molecule has 0 fully saturated rings. The first kappa shape index (κ1) is 17.5. The van der Waals surface area contributed by atoms with E-state index in [1.54, 1.807) is 27.7 Å². The zero-order chi connectivity index (χ0) is 13.9. The van der Waals surface area contributed by atoms with E-state index in [9.17, 15) is 14.7 Å². The molecule has 0 unspecified atom stereocenters. The van der Waals surface area contributed by atoms with Gasteiger partial charge in [0.25, 0.3) is 0 Å². The molecule has 1 aromatic heterocycles. The van der Waals surface area contributed by atoms with Gasteiger partial charge in [-0.05, 0) is 27.7 Å². The Hall–Kier alpha value is -1.45. The van der Waals surface area contributed by atoms with E-state index in [1.807, 2.05) is 0 Å². The van der Waals surface area contributed by atoms with Crippen LogP contribution in [0.5, 0.6) is 0 Å². The molecule has 8 heteroatoms. The number of ether oxygens (including phenoxy) is 1. The van der Waals surface area contributed by atoms with Crippen molar-refractivity contribution in [3.63, 3.8) is 0 Å². The first-order valence-corrected chi connectivity index (χ1v) is 5.36. The van der Waals surface area contributed by atoms with Crippen molar-refractivity contribution in [3.8, 4) is 0 Å². The van der Waals surface area contributed by atoms with Crippen LogP contribution >= 0.6 is 0 Å². The maximum atomic E-state index is 11.5. The Morgan fingerprint density at radius 2 is 2.05 bits per heavy atom. The topological polar surface area (TPSA) is 104 Å². The number of hydrogen-bond donors (Lipinski definition) is 1. The molecule has 100 valence electrons. The number of hydrogen-bond acceptors (Lipinski definition) is 6. The van der Waals surface area contributed by atoms with E-state index in [4.69, 9.17) is 9.26 Å². The Labute approximate surface area is 122 Å². The van der Waals surface area contributed by atoms with Crippen LogP contribution in [-0.2, 0) is 4.74 Å². The number of alkyl carbamates (subject to hydrolysis) is 1. The van der Waals surface area contributed by atoms with Crippen molar-refractivity contribution in [1.82, 2.24) is 10.5 Å². The summed E-state index contributed by atoms with van der Waals surface area (Å²) in [6, 6.07) is 0.637. The molecule has 0 saturated carbocycles. The minimum atomic E-state index is -1.44. The van der Waals surface area contributed by atoms with Crippen LogP contribution in [0, 0.1) is 0 Å². The Morgan fingerprint density at radius 1 is 1.47 bits per heavy atom. The van der Waals surface area contributed by atoms with Crippen molar-refractivity contribution in [3.05, 3.63) is 17.5 Å². The van der Waals surface area contributed by atoms with Crippen molar-refractivity contribution >= 4 is 12.1 Å². The van der Waals surface area contributed by atoms with Gasteiger partial charge in [-0.1, -0.05) is 5.16 Å². The molecule has 1 rings (SSSR count). The van der Waals surface area contributed by atoms with Crippen LogP contribution in [-0.4, -0.2) is 22.8 Å². The van der Waals surface area contributed by atoms with Crippen LogP contribution in [0.4, 0.5) is 4.79 Å². The number of aromatic carboxylic acids is 1. The van der Waals surface area contributed by atoms with Crippen molar-refractivity contribution < 1.29 is 42.8 Å². The molecule has 0 aromatic carbocycles. The van der Waals surface area contributed by atoms with E-state index in [0.29, 0.717) is 0 Å². The average molecular weight is 262 g/mol. The van der Waals surface area contributed by atoms with Gasteiger partial charge in [-0.3, -0.25) is 0 Å². The zero-order valence-electron chi connectivity index (χ0n) is 11.6. The van der Waals surface area contributed by atoms with E-state index in [-0.39, 0.29) is 30.3 Å². The molecule has 19 heavy (non-hydrogen) atoms. The van der Waals surface area contributed by atoms with Gasteiger partial charge in [0.15, 0.2) is 5.76 Å². The second-order valence-electron chi connectivity index (χ2n) is 4.77. The summed E-state index contributed by atoms with van der Waals surface area (Å²) < 4.78 is 9.82. The maximum Gasteiger partial charge on any atom is 1.00 e. The Kier molecular flexibility index (Phi) is 6.13. The molecule has 0 bridgehead atoms. The molecule has 0 radical (unpaired) electrons. The summed E-state index contributed by atoms with van der Waals surface area (Å²) in [7, 11) is 0. The van der Waals surface area contributed by atoms with Crippen LogP contribution in [0.1, 0.15) is 50.0 Å². The van der Waals surface area contributed by atoms with E-state index < -0.39 is 23.7 Å². The van der Waals surface area contributed by atoms with E-state index >= 15 is 0 Å². The van der Waals surface area contributed by atoms with Crippen molar-refractivity contribution in [2.45, 2.75) is 39.3 Å². The molecule has 1 amide bonds. The molecule has 0 aliphatic carbocycles. The number of carboxylic acid groups (broad SMARTS) is 1. The summed E-state index contributed by atoms with van der Waals surface area (Å²) in [6.45, 7) is 6.82. The summed E-state index contributed by atoms with van der Waals surface area (Å²) in [5, 5.41) is 16.3. The molecule has 1 aromatic rings. The quantitative estimate of drug-likeness (QED) is 0.610. The molecular weight excluding hydrogens is 247 g/mol. The molecule has 7 nitrogen and oxygen atoms in total. The fourth-order valence-corrected chi connectivity index (χ4v) is 1.15. The number of rotatable bonds is 3. The molecule has 0 aliphatic rings. The van der Waals surface area contributed by atoms with E-state index in [2.05, 4.69) is 10.5 Å². The SMILES string of the molecule is C[C@@H](NC(=O)OC(C)(C)C)c1cc(C(=O)[O-])no1.[Li+]. The normalized spacial score (nSPS) is 12.2. The third kappa shape index (κ3) is 5.81. The number of nitrogens with zero attached hydrogens (tertiary/aromatic N) is 1. The maximum absolute atomic E-state index is 11.5. The predicted octanol–water partition coefficient (Wildman–Crippen LogP) is -2.37. The molecule has 1 atom stereocenters. The van der Waals surface area contributed by atoms with Crippen LogP contribution < -0.4 is 29.3 Å². The molecule has 0 aliphatic heterocycles. The number of nitrogens with one attached hydrogen (secondary N) is 1. The van der Waals surface area contributed by atoms with E-state index in [0.717, 1.165) is 0 Å². The van der Waals surface area contributed by atoms with Gasteiger partial charge in [-0.2, -0.15) is 0 Å². The van der Waals surface area contributed by atoms with Gasteiger partial charge in [0.1, 0.15) is 11.3 Å². The van der Waals surface area contributed by atoms with Gasteiger partial charge in [-0.15, -0.1) is 0 Å². The Balaban J connectivity index is 0.00000324. The first-order chi connectivity index (χ1) is 8.19. The van der Waals surface area contributed by atoms with Crippen LogP contribution in [0.15, 0.2) is 10.6 Å². The fraction of sp³-hybridized carbons (Fsp3) is 0.545. The molecule has 0 spiro atoms. The van der Waals surface area contributed by atoms with Gasteiger partial charge in [0.05, 0.1) is 12.0 Å². The zero-order valence-corrected chi connectivity index (χ0v) is 11.6. The van der Waals surface area contributed by atoms with Gasteiger partial charge in [0.2, 0.25) is 0 Å². The molecular formula is C11H15LiN2O5. The number of aromatic nitrogens is 1. The smallest absolute Gasteiger partial charge is 0.543 e. The summed E-state index contributed by atoms with van der Waals surface area (Å²) in [5.41, 5.74) is -0.927. The second-order valence-corrected chi connectivity index (χ2v) is 4.77. The summed E-state index contributed by atoms with van der Waals surface area (Å²) in [6.07, 6.45) is -0.624. The summed E-state index contributed by atoms with van der Waals surface area (Å²) in [5.74, 6) is -1.23. The minimum absolute atomic E-state index is 0. The average Bonchev–Trinajstić information content (AvgIpc) is 2.62. The number of carbonyl (C=O) groups is 2. The fourth-order valence-electron chi connectivity index (χ4n) is 1.15. The second kappa shape index (κ2) is 6.64. The summed E-state index contributed by atoms with van der Waals surface area (Å²) in [4.78, 5) is 22.0. The minimum Gasteiger partial charge on any atom is -0.543 e. The third-order valence-electron chi connectivity index (χ3n) is 1.90. The van der Waals surface area contributed by atoms with Crippen molar-refractivity contribution in [2.75, 3.05) is 0 Å². The number of amides is 1. The van der Waals surface area contributed by atoms with Crippen LogP contribution in [0.2, 0.25) is 0 Å². The third-order valence-corrected chi connectivity index (χ3v) is 1.90. The van der Waals surface area contributed by atoms with Crippen molar-refractivity contribution in [1.29, 1.82) is 0 Å². The van der Waals surface area contributed by atoms with Gasteiger partial charge < -0.3 is 24.5 Å². The number of carboxylic acids is 1. The van der Waals surface area contributed by atoms with Gasteiger partial charge >= 0.3 is 25.0 Å². The Morgan fingerprint density at radius 3 is 2.47 bits per heavy atom. The van der Waals surface area contributed by atoms with Crippen LogP contribution in [0.25, 0.3) is 0 Å². The van der Waals surface area contributed by atoms with Gasteiger partial charge in [0, 0.05) is 6.07 Å². The molecule has 0 saturated heterocycles. The monoisotopic (exact) mass is 262 g/mol. The van der Waals surface area contributed by atoms with Gasteiger partial charge in [-0.25, -0.2) is 4.79 Å². The van der Waals surface area contributed by atoms with Crippen molar-refractivity contribution in [2.24, 2.45) is 0 Å². The Bertz CT molecular complexity index is 452.